The summed E-state index contributed by atoms with van der Waals surface area (Å²) in [5.74, 6) is -0.486. The molecule has 0 saturated heterocycles. The Balaban J connectivity index is 1.97. The Kier molecular flexibility index (Phi) is 5.31. The number of nitrogens with one attached hydrogen (secondary N) is 2. The van der Waals surface area contributed by atoms with Gasteiger partial charge >= 0.3 is 0 Å². The smallest absolute Gasteiger partial charge is 0.267 e. The summed E-state index contributed by atoms with van der Waals surface area (Å²) in [6.07, 6.45) is 6.01. The lowest BCUT2D eigenvalue weighted by Crippen LogP contribution is -2.23. The van der Waals surface area contributed by atoms with Crippen molar-refractivity contribution in [1.82, 2.24) is 5.32 Å². The molecule has 2 rings (SSSR count). The Labute approximate surface area is 130 Å². The summed E-state index contributed by atoms with van der Waals surface area (Å²) < 4.78 is 0. The first-order valence-corrected chi connectivity index (χ1v) is 7.39. The number of nitrogens with zero attached hydrogens (tertiary/aromatic N) is 1. The van der Waals surface area contributed by atoms with Crippen molar-refractivity contribution in [2.45, 2.75) is 38.6 Å². The van der Waals surface area contributed by atoms with E-state index in [2.05, 4.69) is 10.6 Å². The molecule has 114 valence electrons. The van der Waals surface area contributed by atoms with Crippen molar-refractivity contribution < 1.29 is 9.59 Å². The third-order valence-corrected chi connectivity index (χ3v) is 3.73. The molecule has 0 spiro atoms. The van der Waals surface area contributed by atoms with Crippen molar-refractivity contribution in [3.63, 3.8) is 0 Å². The molecule has 1 saturated carbocycles. The minimum atomic E-state index is -0.455. The highest BCUT2D eigenvalue weighted by molar-refractivity contribution is 6.06. The van der Waals surface area contributed by atoms with Gasteiger partial charge in [0.1, 0.15) is 11.6 Å². The Morgan fingerprint density at radius 2 is 1.86 bits per heavy atom. The Morgan fingerprint density at radius 3 is 2.41 bits per heavy atom. The van der Waals surface area contributed by atoms with Gasteiger partial charge in [0.2, 0.25) is 0 Å². The van der Waals surface area contributed by atoms with E-state index in [-0.39, 0.29) is 11.4 Å². The van der Waals surface area contributed by atoms with Gasteiger partial charge in [-0.2, -0.15) is 5.26 Å². The first kappa shape index (κ1) is 15.8. The molecule has 0 unspecified atom stereocenters. The van der Waals surface area contributed by atoms with E-state index >= 15 is 0 Å². The van der Waals surface area contributed by atoms with E-state index in [1.165, 1.54) is 26.0 Å². The highest BCUT2D eigenvalue weighted by atomic mass is 16.1. The van der Waals surface area contributed by atoms with Crippen LogP contribution in [0.1, 0.15) is 43.0 Å². The van der Waals surface area contributed by atoms with E-state index < -0.39 is 5.91 Å². The maximum atomic E-state index is 12.1. The van der Waals surface area contributed by atoms with Gasteiger partial charge in [-0.1, -0.05) is 12.8 Å². The number of hydrogen-bond acceptors (Lipinski definition) is 4. The number of carbonyl (C=O) groups is 2. The van der Waals surface area contributed by atoms with Crippen LogP contribution in [0.3, 0.4) is 0 Å². The number of Topliss-reactive ketones (excluding diaryl/α,β-unsaturated/α-hetero) is 1. The molecule has 1 amide bonds. The molecule has 5 heteroatoms. The molecule has 22 heavy (non-hydrogen) atoms. The number of amides is 1. The summed E-state index contributed by atoms with van der Waals surface area (Å²) >= 11 is 0. The third-order valence-electron chi connectivity index (χ3n) is 3.73. The summed E-state index contributed by atoms with van der Waals surface area (Å²) in [5.41, 5.74) is 1.18. The van der Waals surface area contributed by atoms with Crippen LogP contribution in [0, 0.1) is 11.3 Å². The number of benzene rings is 1. The fourth-order valence-electron chi connectivity index (χ4n) is 2.43. The number of carbonyl (C=O) groups excluding carboxylic acids is 2. The predicted octanol–water partition coefficient (Wildman–Crippen LogP) is 2.77. The zero-order valence-corrected chi connectivity index (χ0v) is 12.6. The van der Waals surface area contributed by atoms with Gasteiger partial charge in [0, 0.05) is 23.5 Å². The Morgan fingerprint density at radius 1 is 1.23 bits per heavy atom. The molecule has 0 aliphatic heterocycles. The van der Waals surface area contributed by atoms with Crippen LogP contribution >= 0.6 is 0 Å². The molecule has 2 N–H and O–H groups in total. The van der Waals surface area contributed by atoms with Gasteiger partial charge in [0.05, 0.1) is 0 Å². The Bertz CT molecular complexity index is 620. The standard InChI is InChI=1S/C17H19N3O2/c1-12(21)13-6-8-16(9-7-13)20-17(22)14(10-18)11-19-15-4-2-3-5-15/h6-9,11,15,19H,2-5H2,1H3,(H,20,22)/b14-11-. The first-order chi connectivity index (χ1) is 10.6. The molecule has 0 radical (unpaired) electrons. The highest BCUT2D eigenvalue weighted by Gasteiger charge is 2.15. The highest BCUT2D eigenvalue weighted by Crippen LogP contribution is 2.18. The number of anilines is 1. The van der Waals surface area contributed by atoms with E-state index in [0.29, 0.717) is 17.3 Å². The van der Waals surface area contributed by atoms with E-state index in [0.717, 1.165) is 12.8 Å². The summed E-state index contributed by atoms with van der Waals surface area (Å²) in [6, 6.07) is 8.84. The van der Waals surface area contributed by atoms with Gasteiger partial charge in [-0.25, -0.2) is 0 Å². The lowest BCUT2D eigenvalue weighted by Gasteiger charge is -2.09. The Hall–Kier alpha value is -2.61. The van der Waals surface area contributed by atoms with Crippen molar-refractivity contribution in [2.24, 2.45) is 0 Å². The van der Waals surface area contributed by atoms with Crippen LogP contribution in [0.15, 0.2) is 36.0 Å². The fraction of sp³-hybridized carbons (Fsp3) is 0.353. The molecule has 1 aromatic rings. The second-order valence-corrected chi connectivity index (χ2v) is 5.41. The molecular formula is C17H19N3O2. The summed E-state index contributed by atoms with van der Waals surface area (Å²) in [6.45, 7) is 1.48. The molecule has 1 aliphatic rings. The molecular weight excluding hydrogens is 278 g/mol. The van der Waals surface area contributed by atoms with Crippen molar-refractivity contribution in [3.05, 3.63) is 41.6 Å². The van der Waals surface area contributed by atoms with Crippen LogP contribution in [0.2, 0.25) is 0 Å². The van der Waals surface area contributed by atoms with Gasteiger partial charge in [0.25, 0.3) is 5.91 Å². The molecule has 5 nitrogen and oxygen atoms in total. The zero-order valence-electron chi connectivity index (χ0n) is 12.6. The second kappa shape index (κ2) is 7.41. The summed E-state index contributed by atoms with van der Waals surface area (Å²) in [5, 5.41) is 14.9. The predicted molar refractivity (Wildman–Crippen MR) is 84.2 cm³/mol. The van der Waals surface area contributed by atoms with Gasteiger partial charge in [-0.3, -0.25) is 9.59 Å². The van der Waals surface area contributed by atoms with Gasteiger partial charge in [0.15, 0.2) is 5.78 Å². The molecule has 1 fully saturated rings. The monoisotopic (exact) mass is 297 g/mol. The van der Waals surface area contributed by atoms with Crippen LogP contribution in [0.25, 0.3) is 0 Å². The number of rotatable bonds is 5. The second-order valence-electron chi connectivity index (χ2n) is 5.41. The van der Waals surface area contributed by atoms with Gasteiger partial charge in [-0.05, 0) is 44.0 Å². The number of nitriles is 1. The first-order valence-electron chi connectivity index (χ1n) is 7.39. The van der Waals surface area contributed by atoms with Crippen molar-refractivity contribution in [2.75, 3.05) is 5.32 Å². The van der Waals surface area contributed by atoms with E-state index in [4.69, 9.17) is 5.26 Å². The lowest BCUT2D eigenvalue weighted by molar-refractivity contribution is -0.112. The quantitative estimate of drug-likeness (QED) is 0.497. The maximum absolute atomic E-state index is 12.1. The average molecular weight is 297 g/mol. The van der Waals surface area contributed by atoms with Gasteiger partial charge in [-0.15, -0.1) is 0 Å². The molecule has 1 aromatic carbocycles. The van der Waals surface area contributed by atoms with Crippen molar-refractivity contribution in [3.8, 4) is 6.07 Å². The van der Waals surface area contributed by atoms with Crippen LogP contribution in [0.5, 0.6) is 0 Å². The largest absolute Gasteiger partial charge is 0.387 e. The minimum absolute atomic E-state index is 0.0313. The third kappa shape index (κ3) is 4.19. The maximum Gasteiger partial charge on any atom is 0.267 e. The summed E-state index contributed by atoms with van der Waals surface area (Å²) in [4.78, 5) is 23.3. The van der Waals surface area contributed by atoms with Crippen molar-refractivity contribution in [1.29, 1.82) is 5.26 Å². The zero-order chi connectivity index (χ0) is 15.9. The summed E-state index contributed by atoms with van der Waals surface area (Å²) in [7, 11) is 0. The van der Waals surface area contributed by atoms with Crippen LogP contribution in [-0.2, 0) is 4.79 Å². The SMILES string of the molecule is CC(=O)c1ccc(NC(=O)/C(C#N)=C\NC2CCCC2)cc1. The van der Waals surface area contributed by atoms with Crippen LogP contribution < -0.4 is 10.6 Å². The van der Waals surface area contributed by atoms with Crippen LogP contribution in [-0.4, -0.2) is 17.7 Å². The molecule has 0 bridgehead atoms. The molecule has 0 heterocycles. The number of hydrogen-bond donors (Lipinski definition) is 2. The fourth-order valence-corrected chi connectivity index (χ4v) is 2.43. The number of ketones is 1. The topological polar surface area (TPSA) is 82.0 Å². The molecule has 1 aliphatic carbocycles. The van der Waals surface area contributed by atoms with E-state index in [1.54, 1.807) is 24.3 Å². The minimum Gasteiger partial charge on any atom is -0.387 e. The lowest BCUT2D eigenvalue weighted by atomic mass is 10.1. The van der Waals surface area contributed by atoms with Crippen LogP contribution in [0.4, 0.5) is 5.69 Å². The van der Waals surface area contributed by atoms with Gasteiger partial charge < -0.3 is 10.6 Å². The molecule has 0 aromatic heterocycles. The normalized spacial score (nSPS) is 15.2. The van der Waals surface area contributed by atoms with E-state index in [9.17, 15) is 9.59 Å². The average Bonchev–Trinajstić information content (AvgIpc) is 3.01. The van der Waals surface area contributed by atoms with Crippen molar-refractivity contribution >= 4 is 17.4 Å². The van der Waals surface area contributed by atoms with E-state index in [1.807, 2.05) is 6.07 Å². The molecule has 0 atom stereocenters.